The standard InChI is InChI=1S/C20H19NO5/c22-16(14-3-5-17-15(10-14)7-8-24-17)11-21-20(23)6-2-13-1-4-18-19(9-13)26-12-25-18/h1-6,9-10,16,22H,7-8,11-12H2,(H,21,23)/b6-2+. The van der Waals surface area contributed by atoms with Crippen LogP contribution < -0.4 is 19.5 Å². The van der Waals surface area contributed by atoms with Crippen molar-refractivity contribution in [1.29, 1.82) is 0 Å². The average molecular weight is 353 g/mol. The van der Waals surface area contributed by atoms with Gasteiger partial charge in [-0.1, -0.05) is 12.1 Å². The average Bonchev–Trinajstić information content (AvgIpc) is 3.32. The Morgan fingerprint density at radius 2 is 1.96 bits per heavy atom. The zero-order chi connectivity index (χ0) is 17.9. The van der Waals surface area contributed by atoms with Crippen molar-refractivity contribution in [3.8, 4) is 17.2 Å². The summed E-state index contributed by atoms with van der Waals surface area (Å²) < 4.78 is 16.0. The van der Waals surface area contributed by atoms with E-state index in [0.717, 1.165) is 28.9 Å². The molecule has 2 N–H and O–H groups in total. The monoisotopic (exact) mass is 353 g/mol. The minimum absolute atomic E-state index is 0.143. The van der Waals surface area contributed by atoms with Crippen LogP contribution in [0.4, 0.5) is 0 Å². The summed E-state index contributed by atoms with van der Waals surface area (Å²) in [5, 5.41) is 13.0. The Hall–Kier alpha value is -2.99. The van der Waals surface area contributed by atoms with Gasteiger partial charge in [0, 0.05) is 19.0 Å². The Balaban J connectivity index is 1.32. The summed E-state index contributed by atoms with van der Waals surface area (Å²) in [6, 6.07) is 11.1. The molecule has 0 bridgehead atoms. The van der Waals surface area contributed by atoms with Gasteiger partial charge in [-0.15, -0.1) is 0 Å². The van der Waals surface area contributed by atoms with Crippen molar-refractivity contribution >= 4 is 12.0 Å². The summed E-state index contributed by atoms with van der Waals surface area (Å²) in [4.78, 5) is 12.0. The smallest absolute Gasteiger partial charge is 0.244 e. The predicted octanol–water partition coefficient (Wildman–Crippen LogP) is 2.21. The van der Waals surface area contributed by atoms with Crippen LogP contribution in [0.5, 0.6) is 17.2 Å². The molecular formula is C20H19NO5. The van der Waals surface area contributed by atoms with Crippen LogP contribution in [0.25, 0.3) is 6.08 Å². The first kappa shape index (κ1) is 16.5. The molecule has 0 saturated carbocycles. The highest BCUT2D eigenvalue weighted by Crippen LogP contribution is 2.32. The molecular weight excluding hydrogens is 334 g/mol. The second-order valence-electron chi connectivity index (χ2n) is 6.17. The Bertz CT molecular complexity index is 861. The van der Waals surface area contributed by atoms with E-state index in [-0.39, 0.29) is 19.2 Å². The number of fused-ring (bicyclic) bond motifs is 2. The third-order valence-electron chi connectivity index (χ3n) is 4.39. The van der Waals surface area contributed by atoms with E-state index in [1.807, 2.05) is 30.3 Å². The van der Waals surface area contributed by atoms with Crippen molar-refractivity contribution in [2.24, 2.45) is 0 Å². The lowest BCUT2D eigenvalue weighted by Crippen LogP contribution is -2.26. The van der Waals surface area contributed by atoms with Crippen molar-refractivity contribution < 1.29 is 24.1 Å². The summed E-state index contributed by atoms with van der Waals surface area (Å²) in [6.07, 6.45) is 3.21. The lowest BCUT2D eigenvalue weighted by atomic mass is 10.0. The highest BCUT2D eigenvalue weighted by atomic mass is 16.7. The Kier molecular flexibility index (Phi) is 4.50. The molecule has 1 atom stereocenters. The molecule has 6 heteroatoms. The van der Waals surface area contributed by atoms with Gasteiger partial charge in [0.15, 0.2) is 11.5 Å². The SMILES string of the molecule is O=C(/C=C/c1ccc2c(c1)OCO2)NCC(O)c1ccc2c(c1)CCO2. The van der Waals surface area contributed by atoms with E-state index in [4.69, 9.17) is 14.2 Å². The number of nitrogens with one attached hydrogen (secondary N) is 1. The molecule has 26 heavy (non-hydrogen) atoms. The first-order valence-electron chi connectivity index (χ1n) is 8.48. The molecule has 6 nitrogen and oxygen atoms in total. The maximum Gasteiger partial charge on any atom is 0.244 e. The molecule has 0 spiro atoms. The highest BCUT2D eigenvalue weighted by molar-refractivity contribution is 5.91. The quantitative estimate of drug-likeness (QED) is 0.806. The van der Waals surface area contributed by atoms with Crippen LogP contribution in [0, 0.1) is 0 Å². The van der Waals surface area contributed by atoms with Crippen molar-refractivity contribution in [1.82, 2.24) is 5.32 Å². The molecule has 2 aromatic rings. The number of carbonyl (C=O) groups is 1. The van der Waals surface area contributed by atoms with Crippen molar-refractivity contribution in [3.05, 3.63) is 59.2 Å². The number of amides is 1. The number of hydrogen-bond donors (Lipinski definition) is 2. The number of ether oxygens (including phenoxy) is 3. The number of hydrogen-bond acceptors (Lipinski definition) is 5. The zero-order valence-corrected chi connectivity index (χ0v) is 14.1. The normalized spacial score (nSPS) is 15.6. The molecule has 0 saturated heterocycles. The van der Waals surface area contributed by atoms with E-state index in [1.54, 1.807) is 12.1 Å². The first-order valence-corrected chi connectivity index (χ1v) is 8.48. The lowest BCUT2D eigenvalue weighted by molar-refractivity contribution is -0.116. The first-order chi connectivity index (χ1) is 12.7. The Morgan fingerprint density at radius 1 is 1.12 bits per heavy atom. The minimum Gasteiger partial charge on any atom is -0.493 e. The third-order valence-corrected chi connectivity index (χ3v) is 4.39. The maximum absolute atomic E-state index is 12.0. The van der Waals surface area contributed by atoms with Gasteiger partial charge in [-0.25, -0.2) is 0 Å². The topological polar surface area (TPSA) is 77.0 Å². The summed E-state index contributed by atoms with van der Waals surface area (Å²) in [5.74, 6) is 1.97. The number of rotatable bonds is 5. The highest BCUT2D eigenvalue weighted by Gasteiger charge is 2.16. The van der Waals surface area contributed by atoms with Gasteiger partial charge in [-0.2, -0.15) is 0 Å². The Labute approximate surface area is 151 Å². The summed E-state index contributed by atoms with van der Waals surface area (Å²) in [7, 11) is 0. The fourth-order valence-corrected chi connectivity index (χ4v) is 2.98. The van der Waals surface area contributed by atoms with E-state index in [2.05, 4.69) is 5.32 Å². The van der Waals surface area contributed by atoms with Gasteiger partial charge >= 0.3 is 0 Å². The summed E-state index contributed by atoms with van der Waals surface area (Å²) in [6.45, 7) is 1.04. The molecule has 0 aliphatic carbocycles. The van der Waals surface area contributed by atoms with E-state index in [9.17, 15) is 9.90 Å². The van der Waals surface area contributed by atoms with Crippen molar-refractivity contribution in [2.45, 2.75) is 12.5 Å². The molecule has 2 aliphatic heterocycles. The second kappa shape index (κ2) is 7.09. The maximum atomic E-state index is 12.0. The number of aliphatic hydroxyl groups is 1. The predicted molar refractivity (Wildman–Crippen MR) is 95.2 cm³/mol. The molecule has 4 rings (SSSR count). The fourth-order valence-electron chi connectivity index (χ4n) is 2.98. The van der Waals surface area contributed by atoms with E-state index < -0.39 is 6.10 Å². The summed E-state index contributed by atoms with van der Waals surface area (Å²) in [5.41, 5.74) is 2.70. The van der Waals surface area contributed by atoms with Crippen LogP contribution in [0.3, 0.4) is 0 Å². The van der Waals surface area contributed by atoms with E-state index >= 15 is 0 Å². The van der Waals surface area contributed by atoms with Crippen molar-refractivity contribution in [3.63, 3.8) is 0 Å². The van der Waals surface area contributed by atoms with Crippen LogP contribution in [-0.4, -0.2) is 31.0 Å². The van der Waals surface area contributed by atoms with Gasteiger partial charge in [0.2, 0.25) is 12.7 Å². The fraction of sp³-hybridized carbons (Fsp3) is 0.250. The van der Waals surface area contributed by atoms with Gasteiger partial charge in [0.25, 0.3) is 0 Å². The molecule has 0 radical (unpaired) electrons. The zero-order valence-electron chi connectivity index (χ0n) is 14.1. The molecule has 2 aromatic carbocycles. The van der Waals surface area contributed by atoms with Gasteiger partial charge < -0.3 is 24.6 Å². The minimum atomic E-state index is -0.760. The van der Waals surface area contributed by atoms with E-state index in [1.165, 1.54) is 6.08 Å². The largest absolute Gasteiger partial charge is 0.493 e. The van der Waals surface area contributed by atoms with E-state index in [0.29, 0.717) is 18.1 Å². The molecule has 2 aliphatic rings. The molecule has 1 amide bonds. The number of carbonyl (C=O) groups excluding carboxylic acids is 1. The molecule has 0 fully saturated rings. The van der Waals surface area contributed by atoms with Gasteiger partial charge in [0.1, 0.15) is 5.75 Å². The molecule has 0 aromatic heterocycles. The van der Waals surface area contributed by atoms with Gasteiger partial charge in [0.05, 0.1) is 12.7 Å². The van der Waals surface area contributed by atoms with Crippen LogP contribution in [-0.2, 0) is 11.2 Å². The van der Waals surface area contributed by atoms with Gasteiger partial charge in [-0.3, -0.25) is 4.79 Å². The van der Waals surface area contributed by atoms with Crippen LogP contribution in [0.15, 0.2) is 42.5 Å². The number of aliphatic hydroxyl groups excluding tert-OH is 1. The second-order valence-corrected chi connectivity index (χ2v) is 6.17. The summed E-state index contributed by atoms with van der Waals surface area (Å²) >= 11 is 0. The third kappa shape index (κ3) is 3.50. The van der Waals surface area contributed by atoms with Crippen LogP contribution >= 0.6 is 0 Å². The molecule has 134 valence electrons. The van der Waals surface area contributed by atoms with Crippen molar-refractivity contribution in [2.75, 3.05) is 19.9 Å². The Morgan fingerprint density at radius 3 is 2.88 bits per heavy atom. The molecule has 1 unspecified atom stereocenters. The lowest BCUT2D eigenvalue weighted by Gasteiger charge is -2.12. The number of benzene rings is 2. The molecule has 2 heterocycles. The van der Waals surface area contributed by atoms with Crippen LogP contribution in [0.1, 0.15) is 22.8 Å². The van der Waals surface area contributed by atoms with Gasteiger partial charge in [-0.05, 0) is 47.0 Å². The van der Waals surface area contributed by atoms with Crippen LogP contribution in [0.2, 0.25) is 0 Å².